The average Bonchev–Trinajstić information content (AvgIpc) is 3.43. The van der Waals surface area contributed by atoms with Crippen molar-refractivity contribution in [2.45, 2.75) is 69.9 Å². The number of carbonyl (C=O) groups excluding carboxylic acids is 1. The molecule has 0 spiro atoms. The minimum absolute atomic E-state index is 0.0280. The lowest BCUT2D eigenvalue weighted by Gasteiger charge is -2.38. The number of nitrogens with zero attached hydrogens (tertiary/aromatic N) is 1. The van der Waals surface area contributed by atoms with Crippen LogP contribution in [0, 0.1) is 5.92 Å². The second-order valence-corrected chi connectivity index (χ2v) is 13.5. The van der Waals surface area contributed by atoms with Gasteiger partial charge in [-0.3, -0.25) is 4.79 Å². The van der Waals surface area contributed by atoms with Gasteiger partial charge in [-0.1, -0.05) is 24.3 Å². The fourth-order valence-electron chi connectivity index (χ4n) is 5.52. The van der Waals surface area contributed by atoms with Gasteiger partial charge in [-0.15, -0.1) is 0 Å². The highest BCUT2D eigenvalue weighted by molar-refractivity contribution is 7.89. The van der Waals surface area contributed by atoms with Gasteiger partial charge in [0.15, 0.2) is 0 Å². The van der Waals surface area contributed by atoms with Crippen LogP contribution in [0.3, 0.4) is 0 Å². The van der Waals surface area contributed by atoms with Gasteiger partial charge in [-0.2, -0.15) is 11.3 Å². The van der Waals surface area contributed by atoms with Crippen LogP contribution in [-0.4, -0.2) is 31.1 Å². The third kappa shape index (κ3) is 6.17. The van der Waals surface area contributed by atoms with E-state index in [0.717, 1.165) is 60.8 Å². The summed E-state index contributed by atoms with van der Waals surface area (Å²) in [7, 11) is -3.20. The molecular weight excluding hydrogens is 516 g/mol. The van der Waals surface area contributed by atoms with Gasteiger partial charge in [-0.05, 0) is 103 Å². The highest BCUT2D eigenvalue weighted by Crippen LogP contribution is 2.40. The lowest BCUT2D eigenvalue weighted by Crippen LogP contribution is -2.43. The first-order valence-corrected chi connectivity index (χ1v) is 16.1. The fraction of sp³-hybridized carbons (Fsp3) is 0.448. The van der Waals surface area contributed by atoms with E-state index in [4.69, 9.17) is 5.73 Å². The van der Waals surface area contributed by atoms with E-state index in [2.05, 4.69) is 50.7 Å². The fourth-order valence-corrected chi connectivity index (χ4v) is 7.08. The highest BCUT2D eigenvalue weighted by atomic mass is 32.2. The van der Waals surface area contributed by atoms with Crippen LogP contribution < -0.4 is 15.8 Å². The van der Waals surface area contributed by atoms with Crippen molar-refractivity contribution in [3.05, 3.63) is 58.9 Å². The smallest absolute Gasteiger partial charge is 0.225 e. The zero-order chi connectivity index (χ0) is 26.8. The Morgan fingerprint density at radius 3 is 2.42 bits per heavy atom. The number of anilines is 1. The maximum absolute atomic E-state index is 12.9. The van der Waals surface area contributed by atoms with Crippen LogP contribution in [0.4, 0.5) is 5.82 Å². The van der Waals surface area contributed by atoms with Gasteiger partial charge < -0.3 is 11.1 Å². The van der Waals surface area contributed by atoms with Crippen molar-refractivity contribution in [1.29, 1.82) is 0 Å². The topological polar surface area (TPSA) is 114 Å². The van der Waals surface area contributed by atoms with Crippen LogP contribution in [0.2, 0.25) is 0 Å². The van der Waals surface area contributed by atoms with Crippen LogP contribution >= 0.6 is 11.3 Å². The van der Waals surface area contributed by atoms with E-state index in [1.54, 1.807) is 18.3 Å². The molecule has 2 aromatic heterocycles. The molecule has 38 heavy (non-hydrogen) atoms. The summed E-state index contributed by atoms with van der Waals surface area (Å²) in [5.41, 5.74) is 11.7. The Kier molecular flexibility index (Phi) is 8.00. The summed E-state index contributed by atoms with van der Waals surface area (Å²) in [5, 5.41) is 7.15. The zero-order valence-electron chi connectivity index (χ0n) is 21.8. The predicted molar refractivity (Wildman–Crippen MR) is 154 cm³/mol. The number of carbonyl (C=O) groups is 1. The molecule has 2 saturated carbocycles. The van der Waals surface area contributed by atoms with E-state index >= 15 is 0 Å². The largest absolute Gasteiger partial charge is 0.321 e. The van der Waals surface area contributed by atoms with Crippen molar-refractivity contribution in [1.82, 2.24) is 9.71 Å². The number of hydrogen-bond acceptors (Lipinski definition) is 6. The average molecular weight is 553 g/mol. The molecule has 2 fully saturated rings. The second kappa shape index (κ2) is 11.3. The van der Waals surface area contributed by atoms with E-state index < -0.39 is 10.0 Å². The molecule has 0 bridgehead atoms. The summed E-state index contributed by atoms with van der Waals surface area (Å²) in [6, 6.07) is 12.5. The summed E-state index contributed by atoms with van der Waals surface area (Å²) in [6.07, 6.45) is 8.67. The Morgan fingerprint density at radius 1 is 1.08 bits per heavy atom. The number of aromatic nitrogens is 1. The normalized spacial score (nSPS) is 21.0. The Bertz CT molecular complexity index is 1360. The molecular formula is C29H36N4O3S2. The Morgan fingerprint density at radius 2 is 1.82 bits per heavy atom. The zero-order valence-corrected chi connectivity index (χ0v) is 23.4. The lowest BCUT2D eigenvalue weighted by atomic mass is 9.72. The first-order chi connectivity index (χ1) is 18.2. The molecule has 4 N–H and O–H groups in total. The van der Waals surface area contributed by atoms with Crippen LogP contribution in [0.1, 0.15) is 63.9 Å². The molecule has 202 valence electrons. The molecule has 2 aliphatic carbocycles. The molecule has 0 aliphatic heterocycles. The number of nitrogens with one attached hydrogen (secondary N) is 2. The van der Waals surface area contributed by atoms with Crippen molar-refractivity contribution in [2.75, 3.05) is 11.1 Å². The third-order valence-corrected chi connectivity index (χ3v) is 10.2. The number of benzene rings is 1. The molecule has 0 unspecified atom stereocenters. The molecule has 0 saturated heterocycles. The van der Waals surface area contributed by atoms with E-state index in [1.165, 1.54) is 12.0 Å². The number of pyridine rings is 1. The number of rotatable bonds is 9. The molecule has 3 aromatic rings. The minimum Gasteiger partial charge on any atom is -0.321 e. The quantitative estimate of drug-likeness (QED) is 0.318. The van der Waals surface area contributed by atoms with Crippen molar-refractivity contribution >= 4 is 33.1 Å². The maximum Gasteiger partial charge on any atom is 0.225 e. The third-order valence-electron chi connectivity index (χ3n) is 8.07. The van der Waals surface area contributed by atoms with Gasteiger partial charge in [-0.25, -0.2) is 18.1 Å². The molecule has 1 aromatic carbocycles. The van der Waals surface area contributed by atoms with Crippen molar-refractivity contribution < 1.29 is 13.2 Å². The molecule has 1 amide bonds. The van der Waals surface area contributed by atoms with Crippen LogP contribution in [0.25, 0.3) is 22.3 Å². The summed E-state index contributed by atoms with van der Waals surface area (Å²) in [4.78, 5) is 17.5. The van der Waals surface area contributed by atoms with E-state index in [-0.39, 0.29) is 29.2 Å². The Hall–Kier alpha value is -2.59. The van der Waals surface area contributed by atoms with Gasteiger partial charge in [0.05, 0.1) is 5.75 Å². The van der Waals surface area contributed by atoms with Crippen molar-refractivity contribution in [2.24, 2.45) is 11.7 Å². The van der Waals surface area contributed by atoms with Gasteiger partial charge in [0.25, 0.3) is 0 Å². The summed E-state index contributed by atoms with van der Waals surface area (Å²) in [5.74, 6) is 0.815. The summed E-state index contributed by atoms with van der Waals surface area (Å²) >= 11 is 1.64. The van der Waals surface area contributed by atoms with Gasteiger partial charge >= 0.3 is 0 Å². The van der Waals surface area contributed by atoms with Crippen LogP contribution in [-0.2, 0) is 20.4 Å². The first-order valence-electron chi connectivity index (χ1n) is 13.5. The molecule has 5 rings (SSSR count). The summed E-state index contributed by atoms with van der Waals surface area (Å²) < 4.78 is 26.4. The maximum atomic E-state index is 12.9. The van der Waals surface area contributed by atoms with E-state index in [0.29, 0.717) is 12.2 Å². The van der Waals surface area contributed by atoms with Crippen molar-refractivity contribution in [3.8, 4) is 22.3 Å². The van der Waals surface area contributed by atoms with E-state index in [9.17, 15) is 13.2 Å². The van der Waals surface area contributed by atoms with Gasteiger partial charge in [0.2, 0.25) is 15.9 Å². The number of hydrogen-bond donors (Lipinski definition) is 3. The molecule has 0 atom stereocenters. The number of amides is 1. The monoisotopic (exact) mass is 552 g/mol. The Balaban J connectivity index is 1.26. The van der Waals surface area contributed by atoms with E-state index in [1.807, 2.05) is 17.6 Å². The highest BCUT2D eigenvalue weighted by Gasteiger charge is 2.34. The van der Waals surface area contributed by atoms with Gasteiger partial charge in [0.1, 0.15) is 5.82 Å². The van der Waals surface area contributed by atoms with Crippen LogP contribution in [0.15, 0.2) is 53.4 Å². The number of nitrogens with two attached hydrogens (primary N) is 1. The molecule has 2 aliphatic rings. The van der Waals surface area contributed by atoms with Gasteiger partial charge in [0, 0.05) is 29.8 Å². The molecule has 0 radical (unpaired) electrons. The molecule has 2 heterocycles. The SMILES string of the molecule is CCS(=O)(=O)NC1CCC(CC(=O)Nc2cc(-c3ccsc3)c(-c3ccc(C4(N)CCC4)cc3)cn2)CC1. The second-order valence-electron chi connectivity index (χ2n) is 10.7. The number of thiophene rings is 1. The van der Waals surface area contributed by atoms with Crippen molar-refractivity contribution in [3.63, 3.8) is 0 Å². The standard InChI is InChI=1S/C29H36N4O3S2/c1-2-38(35,36)33-24-10-4-20(5-11-24)16-28(34)32-27-17-25(22-12-15-37-19-22)26(18-31-27)21-6-8-23(9-7-21)29(30)13-3-14-29/h6-9,12,15,17-20,24,33H,2-5,10-11,13-14,16,30H2,1H3,(H,31,32,34). The van der Waals surface area contributed by atoms with Crippen LogP contribution in [0.5, 0.6) is 0 Å². The molecule has 7 nitrogen and oxygen atoms in total. The Labute approximate surface area is 229 Å². The predicted octanol–water partition coefficient (Wildman–Crippen LogP) is 5.64. The minimum atomic E-state index is -3.20. The molecule has 9 heteroatoms. The lowest BCUT2D eigenvalue weighted by molar-refractivity contribution is -0.117. The first kappa shape index (κ1) is 27.0. The number of sulfonamides is 1. The summed E-state index contributed by atoms with van der Waals surface area (Å²) in [6.45, 7) is 1.64.